The molecule has 0 radical (unpaired) electrons. The molecule has 0 aliphatic heterocycles. The van der Waals surface area contributed by atoms with Crippen molar-refractivity contribution in [2.75, 3.05) is 0 Å². The minimum atomic E-state index is -4.63. The maximum Gasteiger partial charge on any atom is 0.416 e. The van der Waals surface area contributed by atoms with Crippen LogP contribution in [-0.4, -0.2) is 19.7 Å². The summed E-state index contributed by atoms with van der Waals surface area (Å²) in [5.74, 6) is -0.405. The van der Waals surface area contributed by atoms with E-state index in [0.717, 1.165) is 12.1 Å². The second-order valence-corrected chi connectivity index (χ2v) is 5.53. The van der Waals surface area contributed by atoms with Gasteiger partial charge in [-0.3, -0.25) is 4.79 Å². The summed E-state index contributed by atoms with van der Waals surface area (Å²) in [6.45, 7) is 5.33. The van der Waals surface area contributed by atoms with Crippen molar-refractivity contribution < 1.29 is 17.6 Å². The van der Waals surface area contributed by atoms with Crippen LogP contribution in [0.25, 0.3) is 11.4 Å². The SMILES string of the molecule is C=C(c1cnn(-c2cc(=O)[nH]c(C)n2)c1)c1ccc(C(F)(F)F)cc1F. The van der Waals surface area contributed by atoms with Gasteiger partial charge in [-0.05, 0) is 24.6 Å². The molecule has 134 valence electrons. The zero-order chi connectivity index (χ0) is 19.1. The van der Waals surface area contributed by atoms with Gasteiger partial charge in [0.2, 0.25) is 0 Å². The number of halogens is 4. The lowest BCUT2D eigenvalue weighted by Crippen LogP contribution is -2.12. The van der Waals surface area contributed by atoms with Crippen molar-refractivity contribution >= 4 is 5.57 Å². The number of benzene rings is 1. The summed E-state index contributed by atoms with van der Waals surface area (Å²) in [5, 5.41) is 4.04. The van der Waals surface area contributed by atoms with Crippen LogP contribution in [0.5, 0.6) is 0 Å². The van der Waals surface area contributed by atoms with Crippen LogP contribution in [0.3, 0.4) is 0 Å². The second-order valence-electron chi connectivity index (χ2n) is 5.53. The van der Waals surface area contributed by atoms with E-state index in [1.807, 2.05) is 0 Å². The Morgan fingerprint density at radius 1 is 1.27 bits per heavy atom. The molecule has 3 rings (SSSR count). The predicted molar refractivity (Wildman–Crippen MR) is 86.3 cm³/mol. The maximum atomic E-state index is 14.1. The lowest BCUT2D eigenvalue weighted by atomic mass is 10.0. The topological polar surface area (TPSA) is 63.6 Å². The van der Waals surface area contributed by atoms with Crippen molar-refractivity contribution in [3.63, 3.8) is 0 Å². The van der Waals surface area contributed by atoms with Gasteiger partial charge in [0.1, 0.15) is 11.6 Å². The molecule has 26 heavy (non-hydrogen) atoms. The summed E-state index contributed by atoms with van der Waals surface area (Å²) >= 11 is 0. The van der Waals surface area contributed by atoms with Crippen LogP contribution < -0.4 is 5.56 Å². The number of hydrogen-bond donors (Lipinski definition) is 1. The summed E-state index contributed by atoms with van der Waals surface area (Å²) in [6, 6.07) is 3.46. The molecule has 0 amide bonds. The zero-order valence-corrected chi connectivity index (χ0v) is 13.4. The van der Waals surface area contributed by atoms with Gasteiger partial charge < -0.3 is 4.98 Å². The van der Waals surface area contributed by atoms with Crippen molar-refractivity contribution in [1.29, 1.82) is 0 Å². The fraction of sp³-hybridized carbons (Fsp3) is 0.118. The molecule has 0 bridgehead atoms. The third-order valence-corrected chi connectivity index (χ3v) is 3.63. The Kier molecular flexibility index (Phi) is 4.23. The first-order valence-corrected chi connectivity index (χ1v) is 7.34. The molecule has 0 unspecified atom stereocenters. The number of aromatic amines is 1. The van der Waals surface area contributed by atoms with Crippen molar-refractivity contribution in [2.45, 2.75) is 13.1 Å². The number of hydrogen-bond acceptors (Lipinski definition) is 3. The van der Waals surface area contributed by atoms with E-state index in [-0.39, 0.29) is 22.5 Å². The van der Waals surface area contributed by atoms with Gasteiger partial charge in [-0.25, -0.2) is 14.1 Å². The number of nitrogens with one attached hydrogen (secondary N) is 1. The van der Waals surface area contributed by atoms with Gasteiger partial charge in [-0.15, -0.1) is 0 Å². The van der Waals surface area contributed by atoms with Gasteiger partial charge in [0.05, 0.1) is 11.8 Å². The number of nitrogens with zero attached hydrogens (tertiary/aromatic N) is 3. The standard InChI is InChI=1S/C17H12F4N4O/c1-9(13-4-3-12(5-14(13)18)17(19,20)21)11-7-22-25(8-11)15-6-16(26)24-10(2)23-15/h3-8H,1H2,2H3,(H,23,24,26). The molecule has 2 aromatic heterocycles. The molecule has 5 nitrogen and oxygen atoms in total. The Labute approximate surface area is 144 Å². The molecular weight excluding hydrogens is 352 g/mol. The first-order valence-electron chi connectivity index (χ1n) is 7.34. The summed E-state index contributed by atoms with van der Waals surface area (Å²) in [7, 11) is 0. The van der Waals surface area contributed by atoms with Crippen LogP contribution in [-0.2, 0) is 6.18 Å². The van der Waals surface area contributed by atoms with E-state index in [4.69, 9.17) is 0 Å². The smallest absolute Gasteiger partial charge is 0.311 e. The van der Waals surface area contributed by atoms with Crippen LogP contribution in [0.4, 0.5) is 17.6 Å². The largest absolute Gasteiger partial charge is 0.416 e. The van der Waals surface area contributed by atoms with Crippen LogP contribution >= 0.6 is 0 Å². The monoisotopic (exact) mass is 364 g/mol. The molecule has 0 atom stereocenters. The number of alkyl halides is 3. The number of rotatable bonds is 3. The fourth-order valence-electron chi connectivity index (χ4n) is 2.38. The zero-order valence-electron chi connectivity index (χ0n) is 13.4. The molecular formula is C17H12F4N4O. The third kappa shape index (κ3) is 3.41. The van der Waals surface area contributed by atoms with E-state index in [0.29, 0.717) is 17.5 Å². The highest BCUT2D eigenvalue weighted by molar-refractivity contribution is 5.78. The van der Waals surface area contributed by atoms with Crippen molar-refractivity contribution in [3.8, 4) is 5.82 Å². The van der Waals surface area contributed by atoms with Gasteiger partial charge in [0, 0.05) is 23.4 Å². The van der Waals surface area contributed by atoms with Gasteiger partial charge in [0.15, 0.2) is 5.82 Å². The first-order chi connectivity index (χ1) is 12.1. The maximum absolute atomic E-state index is 14.1. The highest BCUT2D eigenvalue weighted by Gasteiger charge is 2.31. The first kappa shape index (κ1) is 17.6. The van der Waals surface area contributed by atoms with Crippen molar-refractivity contribution in [3.05, 3.63) is 81.9 Å². The Morgan fingerprint density at radius 2 is 2.00 bits per heavy atom. The summed E-state index contributed by atoms with van der Waals surface area (Å²) < 4.78 is 53.3. The van der Waals surface area contributed by atoms with E-state index in [2.05, 4.69) is 21.6 Å². The van der Waals surface area contributed by atoms with Gasteiger partial charge in [-0.2, -0.15) is 18.3 Å². The molecule has 0 spiro atoms. The Bertz CT molecular complexity index is 1050. The highest BCUT2D eigenvalue weighted by Crippen LogP contribution is 2.32. The molecule has 0 saturated carbocycles. The van der Waals surface area contributed by atoms with E-state index in [9.17, 15) is 22.4 Å². The quantitative estimate of drug-likeness (QED) is 0.724. The van der Waals surface area contributed by atoms with Crippen molar-refractivity contribution in [1.82, 2.24) is 19.7 Å². The average Bonchev–Trinajstić information content (AvgIpc) is 3.02. The average molecular weight is 364 g/mol. The van der Waals surface area contributed by atoms with Gasteiger partial charge in [0.25, 0.3) is 5.56 Å². The highest BCUT2D eigenvalue weighted by atomic mass is 19.4. The van der Waals surface area contributed by atoms with Crippen LogP contribution in [0.15, 0.2) is 48.0 Å². The van der Waals surface area contributed by atoms with Crippen LogP contribution in [0.2, 0.25) is 0 Å². The lowest BCUT2D eigenvalue weighted by Gasteiger charge is -2.10. The molecule has 3 aromatic rings. The summed E-state index contributed by atoms with van der Waals surface area (Å²) in [4.78, 5) is 18.1. The van der Waals surface area contributed by atoms with E-state index >= 15 is 0 Å². The molecule has 1 aromatic carbocycles. The van der Waals surface area contributed by atoms with Crippen LogP contribution in [0, 0.1) is 12.7 Å². The molecule has 2 heterocycles. The normalized spacial score (nSPS) is 11.6. The molecule has 0 saturated heterocycles. The molecule has 0 aliphatic rings. The molecule has 1 N–H and O–H groups in total. The number of aryl methyl sites for hydroxylation is 1. The third-order valence-electron chi connectivity index (χ3n) is 3.63. The number of H-pyrrole nitrogens is 1. The molecule has 0 aliphatic carbocycles. The predicted octanol–water partition coefficient (Wildman–Crippen LogP) is 3.48. The Hall–Kier alpha value is -3.23. The number of aromatic nitrogens is 4. The fourth-order valence-corrected chi connectivity index (χ4v) is 2.38. The van der Waals surface area contributed by atoms with Crippen molar-refractivity contribution in [2.24, 2.45) is 0 Å². The van der Waals surface area contributed by atoms with Crippen LogP contribution in [0.1, 0.15) is 22.5 Å². The Balaban J connectivity index is 1.95. The van der Waals surface area contributed by atoms with E-state index in [1.54, 1.807) is 6.92 Å². The van der Waals surface area contributed by atoms with Gasteiger partial charge in [-0.1, -0.05) is 12.6 Å². The molecule has 0 fully saturated rings. The summed E-state index contributed by atoms with van der Waals surface area (Å²) in [6.07, 6.45) is -1.81. The second kappa shape index (κ2) is 6.25. The molecule has 9 heteroatoms. The van der Waals surface area contributed by atoms with Gasteiger partial charge >= 0.3 is 6.18 Å². The Morgan fingerprint density at radius 3 is 2.62 bits per heavy atom. The lowest BCUT2D eigenvalue weighted by molar-refractivity contribution is -0.137. The minimum absolute atomic E-state index is 0.0763. The summed E-state index contributed by atoms with van der Waals surface area (Å²) in [5.41, 5.74) is -0.984. The van der Waals surface area contributed by atoms with E-state index in [1.165, 1.54) is 23.1 Å². The van der Waals surface area contributed by atoms with E-state index < -0.39 is 17.6 Å². The minimum Gasteiger partial charge on any atom is -0.311 e.